The SMILES string of the molecule is CS(=O)(=O)N[C@H]1CCCC[C@@H]1N1C(=O)c2ccccc2[C@@H](CC(=O)NCCc2cccc(CC(=O)O)c2)[C@@H]1c1ccc(Cl)cc1Cl. The van der Waals surface area contributed by atoms with E-state index in [1.807, 2.05) is 24.3 Å². The zero-order chi connectivity index (χ0) is 33.0. The molecule has 0 bridgehead atoms. The number of nitrogens with zero attached hydrogens (tertiary/aromatic N) is 1. The van der Waals surface area contributed by atoms with Gasteiger partial charge in [-0.15, -0.1) is 0 Å². The van der Waals surface area contributed by atoms with Crippen molar-refractivity contribution in [2.45, 2.75) is 69.0 Å². The van der Waals surface area contributed by atoms with Crippen LogP contribution in [0.3, 0.4) is 0 Å². The summed E-state index contributed by atoms with van der Waals surface area (Å²) in [5.41, 5.74) is 3.42. The first-order valence-electron chi connectivity index (χ1n) is 15.3. The molecule has 1 heterocycles. The minimum atomic E-state index is -3.57. The highest BCUT2D eigenvalue weighted by molar-refractivity contribution is 7.88. The Hall–Kier alpha value is -3.44. The molecule has 0 saturated heterocycles. The van der Waals surface area contributed by atoms with Crippen LogP contribution in [0, 0.1) is 0 Å². The summed E-state index contributed by atoms with van der Waals surface area (Å²) in [6, 6.07) is 18.0. The van der Waals surface area contributed by atoms with Crippen molar-refractivity contribution in [1.82, 2.24) is 14.9 Å². The lowest BCUT2D eigenvalue weighted by Gasteiger charge is -2.49. The molecule has 0 unspecified atom stereocenters. The van der Waals surface area contributed by atoms with Gasteiger partial charge in [0.2, 0.25) is 15.9 Å². The van der Waals surface area contributed by atoms with Crippen LogP contribution in [0.25, 0.3) is 0 Å². The highest BCUT2D eigenvalue weighted by atomic mass is 35.5. The monoisotopic (exact) mass is 685 g/mol. The van der Waals surface area contributed by atoms with Gasteiger partial charge in [-0.2, -0.15) is 0 Å². The van der Waals surface area contributed by atoms with Crippen LogP contribution in [0.15, 0.2) is 66.7 Å². The molecule has 1 aliphatic carbocycles. The van der Waals surface area contributed by atoms with Gasteiger partial charge in [0, 0.05) is 46.6 Å². The first kappa shape index (κ1) is 33.9. The number of fused-ring (bicyclic) bond motifs is 1. The van der Waals surface area contributed by atoms with Gasteiger partial charge in [0.1, 0.15) is 0 Å². The summed E-state index contributed by atoms with van der Waals surface area (Å²) < 4.78 is 27.6. The molecule has 1 aliphatic heterocycles. The third kappa shape index (κ3) is 8.09. The minimum Gasteiger partial charge on any atom is -0.481 e. The normalized spacial score (nSPS) is 21.5. The van der Waals surface area contributed by atoms with Gasteiger partial charge in [0.25, 0.3) is 5.91 Å². The van der Waals surface area contributed by atoms with E-state index in [1.54, 1.807) is 47.4 Å². The largest absolute Gasteiger partial charge is 0.481 e. The first-order chi connectivity index (χ1) is 21.9. The van der Waals surface area contributed by atoms with E-state index in [4.69, 9.17) is 28.3 Å². The summed E-state index contributed by atoms with van der Waals surface area (Å²) in [6.07, 6.45) is 4.39. The van der Waals surface area contributed by atoms with E-state index in [0.29, 0.717) is 52.5 Å². The third-order valence-corrected chi connectivity index (χ3v) is 10.0. The number of carboxylic acid groups (broad SMARTS) is 1. The molecule has 0 aromatic heterocycles. The summed E-state index contributed by atoms with van der Waals surface area (Å²) in [7, 11) is -3.57. The fourth-order valence-corrected chi connectivity index (χ4v) is 8.22. The number of hydrogen-bond donors (Lipinski definition) is 3. The quantitative estimate of drug-likeness (QED) is 0.244. The second-order valence-corrected chi connectivity index (χ2v) is 14.7. The van der Waals surface area contributed by atoms with E-state index in [1.165, 1.54) is 0 Å². The number of carbonyl (C=O) groups excluding carboxylic acids is 2. The van der Waals surface area contributed by atoms with Gasteiger partial charge in [0.15, 0.2) is 0 Å². The number of rotatable bonds is 11. The zero-order valence-corrected chi connectivity index (χ0v) is 27.7. The number of carbonyl (C=O) groups is 3. The molecule has 3 aromatic carbocycles. The molecule has 9 nitrogen and oxygen atoms in total. The third-order valence-electron chi connectivity index (χ3n) is 8.73. The molecule has 2 aliphatic rings. The van der Waals surface area contributed by atoms with Crippen LogP contribution in [0.4, 0.5) is 0 Å². The summed E-state index contributed by atoms with van der Waals surface area (Å²) in [5.74, 6) is -1.86. The van der Waals surface area contributed by atoms with Crippen LogP contribution in [-0.2, 0) is 32.5 Å². The van der Waals surface area contributed by atoms with Crippen molar-refractivity contribution in [3.63, 3.8) is 0 Å². The maximum atomic E-state index is 14.4. The Balaban J connectivity index is 1.48. The van der Waals surface area contributed by atoms with Gasteiger partial charge in [-0.3, -0.25) is 14.4 Å². The molecule has 12 heteroatoms. The molecular formula is C34H37Cl2N3O6S. The van der Waals surface area contributed by atoms with E-state index in [0.717, 1.165) is 30.2 Å². The van der Waals surface area contributed by atoms with Gasteiger partial charge in [-0.05, 0) is 59.7 Å². The Morgan fingerprint density at radius 1 is 0.957 bits per heavy atom. The fourth-order valence-electron chi connectivity index (χ4n) is 6.88. The molecule has 0 spiro atoms. The van der Waals surface area contributed by atoms with E-state index < -0.39 is 40.0 Å². The van der Waals surface area contributed by atoms with E-state index >= 15 is 0 Å². The maximum Gasteiger partial charge on any atom is 0.307 e. The highest BCUT2D eigenvalue weighted by Crippen LogP contribution is 2.49. The van der Waals surface area contributed by atoms with Crippen molar-refractivity contribution < 1.29 is 27.9 Å². The molecule has 3 N–H and O–H groups in total. The second-order valence-electron chi connectivity index (χ2n) is 12.1. The van der Waals surface area contributed by atoms with Crippen LogP contribution < -0.4 is 10.0 Å². The standard InChI is InChI=1S/C34H37Cl2N3O6S/c1-46(44,45)38-29-11-4-5-12-30(29)39-33(26-14-13-23(35)19-28(26)36)27(24-9-2-3-10-25(24)34(39)43)20-31(40)37-16-15-21-7-6-8-22(17-21)18-32(41)42/h2-3,6-10,13-14,17,19,27,29-30,33,38H,4-5,11-12,15-16,18,20H2,1H3,(H,37,40)(H,41,42)/t27-,29+,30+,33+/m1/s1. The average molecular weight is 687 g/mol. The van der Waals surface area contributed by atoms with Gasteiger partial charge in [-0.25, -0.2) is 13.1 Å². The van der Waals surface area contributed by atoms with Crippen molar-refractivity contribution in [3.8, 4) is 0 Å². The van der Waals surface area contributed by atoms with E-state index in [9.17, 15) is 22.8 Å². The van der Waals surface area contributed by atoms with E-state index in [2.05, 4.69) is 10.0 Å². The second kappa shape index (κ2) is 14.5. The van der Waals surface area contributed by atoms with E-state index in [-0.39, 0.29) is 24.7 Å². The van der Waals surface area contributed by atoms with Crippen molar-refractivity contribution in [1.29, 1.82) is 0 Å². The predicted octanol–water partition coefficient (Wildman–Crippen LogP) is 5.51. The van der Waals surface area contributed by atoms with Crippen molar-refractivity contribution in [3.05, 3.63) is 105 Å². The number of benzene rings is 3. The molecule has 244 valence electrons. The number of carboxylic acids is 1. The van der Waals surface area contributed by atoms with Crippen molar-refractivity contribution >= 4 is 51.0 Å². The predicted molar refractivity (Wildman–Crippen MR) is 178 cm³/mol. The smallest absolute Gasteiger partial charge is 0.307 e. The minimum absolute atomic E-state index is 0.0420. The Kier molecular flexibility index (Phi) is 10.7. The number of halogens is 2. The average Bonchev–Trinajstić information content (AvgIpc) is 2.98. The molecular weight excluding hydrogens is 649 g/mol. The Bertz CT molecular complexity index is 1730. The Labute approximate surface area is 279 Å². The molecule has 1 saturated carbocycles. The van der Waals surface area contributed by atoms with Crippen molar-refractivity contribution in [2.75, 3.05) is 12.8 Å². The summed E-state index contributed by atoms with van der Waals surface area (Å²) in [5, 5.41) is 12.9. The number of aliphatic carboxylic acids is 1. The fraction of sp³-hybridized carbons (Fsp3) is 0.382. The summed E-state index contributed by atoms with van der Waals surface area (Å²) in [6.45, 7) is 0.335. The Morgan fingerprint density at radius 2 is 1.70 bits per heavy atom. The van der Waals surface area contributed by atoms with Gasteiger partial charge in [-0.1, -0.05) is 84.6 Å². The number of hydrogen-bond acceptors (Lipinski definition) is 5. The molecule has 0 radical (unpaired) electrons. The molecule has 3 aromatic rings. The molecule has 46 heavy (non-hydrogen) atoms. The number of sulfonamides is 1. The van der Waals surface area contributed by atoms with Crippen LogP contribution in [-0.4, -0.2) is 61.1 Å². The zero-order valence-electron chi connectivity index (χ0n) is 25.4. The van der Waals surface area contributed by atoms with Crippen LogP contribution in [0.2, 0.25) is 10.0 Å². The Morgan fingerprint density at radius 3 is 2.43 bits per heavy atom. The summed E-state index contributed by atoms with van der Waals surface area (Å²) in [4.78, 5) is 40.9. The number of amides is 2. The molecule has 4 atom stereocenters. The molecule has 5 rings (SSSR count). The van der Waals surface area contributed by atoms with Crippen LogP contribution >= 0.6 is 23.2 Å². The lowest BCUT2D eigenvalue weighted by molar-refractivity contribution is -0.136. The first-order valence-corrected chi connectivity index (χ1v) is 18.0. The van der Waals surface area contributed by atoms with Crippen LogP contribution in [0.5, 0.6) is 0 Å². The van der Waals surface area contributed by atoms with Gasteiger partial charge in [0.05, 0.1) is 18.7 Å². The highest BCUT2D eigenvalue weighted by Gasteiger charge is 2.47. The van der Waals surface area contributed by atoms with Gasteiger partial charge < -0.3 is 15.3 Å². The molecule has 2 amide bonds. The van der Waals surface area contributed by atoms with Crippen LogP contribution in [0.1, 0.15) is 76.7 Å². The maximum absolute atomic E-state index is 14.4. The lowest BCUT2D eigenvalue weighted by Crippen LogP contribution is -2.58. The summed E-state index contributed by atoms with van der Waals surface area (Å²) >= 11 is 13.1. The lowest BCUT2D eigenvalue weighted by atomic mass is 9.75. The van der Waals surface area contributed by atoms with Gasteiger partial charge >= 0.3 is 5.97 Å². The van der Waals surface area contributed by atoms with Crippen molar-refractivity contribution in [2.24, 2.45) is 0 Å². The topological polar surface area (TPSA) is 133 Å². The molecule has 1 fully saturated rings. The number of nitrogens with one attached hydrogen (secondary N) is 2.